The van der Waals surface area contributed by atoms with Crippen LogP contribution in [-0.2, 0) is 6.54 Å². The van der Waals surface area contributed by atoms with Crippen molar-refractivity contribution in [3.63, 3.8) is 0 Å². The normalized spacial score (nSPS) is 15.2. The molecule has 3 aromatic carbocycles. The topological polar surface area (TPSA) is 59.4 Å². The van der Waals surface area contributed by atoms with E-state index in [1.807, 2.05) is 83.2 Å². The van der Waals surface area contributed by atoms with E-state index in [0.29, 0.717) is 12.1 Å². The molecule has 0 aliphatic carbocycles. The Balaban J connectivity index is 1.60. The molecule has 1 N–H and O–H groups in total. The number of hydrogen-bond donors (Lipinski definition) is 1. The monoisotopic (exact) mass is 438 g/mol. The molecule has 0 fully saturated rings. The number of nitrogens with zero attached hydrogens (tertiary/aromatic N) is 3. The summed E-state index contributed by atoms with van der Waals surface area (Å²) in [6.07, 6.45) is -0.384. The Morgan fingerprint density at radius 1 is 0.939 bits per heavy atom. The lowest BCUT2D eigenvalue weighted by molar-refractivity contribution is 0.0975. The molecule has 6 heteroatoms. The second-order valence-electron chi connectivity index (χ2n) is 8.19. The fraction of sp³-hybridized carbons (Fsp3) is 0.185. The lowest BCUT2D eigenvalue weighted by atomic mass is 10.0. The van der Waals surface area contributed by atoms with Crippen molar-refractivity contribution in [1.29, 1.82) is 0 Å². The van der Waals surface area contributed by atoms with Gasteiger partial charge in [0.05, 0.1) is 24.9 Å². The minimum Gasteiger partial charge on any atom is -0.497 e. The van der Waals surface area contributed by atoms with Gasteiger partial charge in [-0.3, -0.25) is 14.4 Å². The maximum absolute atomic E-state index is 13.7. The van der Waals surface area contributed by atoms with Crippen molar-refractivity contribution >= 4 is 17.3 Å². The third-order valence-electron chi connectivity index (χ3n) is 6.16. The van der Waals surface area contributed by atoms with Gasteiger partial charge in [0, 0.05) is 22.6 Å². The number of rotatable bonds is 5. The number of hydrogen-bond acceptors (Lipinski definition) is 4. The number of nitrogens with one attached hydrogen (secondary N) is 1. The number of aromatic nitrogens is 2. The zero-order valence-electron chi connectivity index (χ0n) is 18.9. The highest BCUT2D eigenvalue weighted by molar-refractivity contribution is 6.12. The van der Waals surface area contributed by atoms with Gasteiger partial charge in [0.1, 0.15) is 11.9 Å². The maximum atomic E-state index is 13.7. The van der Waals surface area contributed by atoms with Crippen LogP contribution in [0.4, 0.5) is 11.4 Å². The van der Waals surface area contributed by atoms with E-state index in [9.17, 15) is 4.79 Å². The SMILES string of the molecule is COc1ccc(N2C(=O)c3ccccc3NC2c2c(C)nn(Cc3ccccc3)c2C)cc1. The van der Waals surface area contributed by atoms with Gasteiger partial charge in [0.15, 0.2) is 0 Å². The van der Waals surface area contributed by atoms with Crippen LogP contribution in [0.25, 0.3) is 0 Å². The van der Waals surface area contributed by atoms with Crippen LogP contribution in [0, 0.1) is 13.8 Å². The van der Waals surface area contributed by atoms with E-state index < -0.39 is 0 Å². The molecule has 1 aliphatic heterocycles. The first kappa shape index (κ1) is 20.8. The van der Waals surface area contributed by atoms with Crippen LogP contribution in [-0.4, -0.2) is 22.8 Å². The van der Waals surface area contributed by atoms with Crippen molar-refractivity contribution in [2.45, 2.75) is 26.6 Å². The molecule has 4 aromatic rings. The van der Waals surface area contributed by atoms with Crippen LogP contribution in [0.3, 0.4) is 0 Å². The van der Waals surface area contributed by atoms with Crippen molar-refractivity contribution in [3.8, 4) is 5.75 Å². The maximum Gasteiger partial charge on any atom is 0.262 e. The molecule has 2 heterocycles. The fourth-order valence-corrected chi connectivity index (χ4v) is 4.48. The second kappa shape index (κ2) is 8.47. The van der Waals surface area contributed by atoms with Gasteiger partial charge < -0.3 is 10.1 Å². The van der Waals surface area contributed by atoms with Crippen LogP contribution >= 0.6 is 0 Å². The Hall–Kier alpha value is -4.06. The Bertz CT molecular complexity index is 1300. The molecule has 1 aliphatic rings. The summed E-state index contributed by atoms with van der Waals surface area (Å²) in [7, 11) is 1.63. The average Bonchev–Trinajstić information content (AvgIpc) is 3.12. The fourth-order valence-electron chi connectivity index (χ4n) is 4.48. The molecule has 5 rings (SSSR count). The van der Waals surface area contributed by atoms with E-state index in [2.05, 4.69) is 24.4 Å². The largest absolute Gasteiger partial charge is 0.497 e. The third-order valence-corrected chi connectivity index (χ3v) is 6.16. The van der Waals surface area contributed by atoms with E-state index in [1.165, 1.54) is 5.56 Å². The van der Waals surface area contributed by atoms with E-state index in [1.54, 1.807) is 7.11 Å². The highest BCUT2D eigenvalue weighted by atomic mass is 16.5. The van der Waals surface area contributed by atoms with Crippen molar-refractivity contribution in [1.82, 2.24) is 9.78 Å². The van der Waals surface area contributed by atoms with E-state index in [0.717, 1.165) is 34.1 Å². The standard InChI is InChI=1S/C27H26N4O2/c1-18-25(19(2)30(29-18)17-20-9-5-4-6-10-20)26-28-24-12-8-7-11-23(24)27(32)31(26)21-13-15-22(33-3)16-14-21/h4-16,26,28H,17H2,1-3H3. The molecule has 1 atom stereocenters. The first-order chi connectivity index (χ1) is 16.1. The Labute approximate surface area is 193 Å². The number of carbonyl (C=O) groups is 1. The minimum absolute atomic E-state index is 0.0471. The number of anilines is 2. The Morgan fingerprint density at radius 3 is 2.36 bits per heavy atom. The van der Waals surface area contributed by atoms with Crippen LogP contribution in [0.2, 0.25) is 0 Å². The molecule has 6 nitrogen and oxygen atoms in total. The zero-order valence-corrected chi connectivity index (χ0v) is 18.9. The molecular formula is C27H26N4O2. The van der Waals surface area contributed by atoms with Gasteiger partial charge in [-0.2, -0.15) is 5.10 Å². The van der Waals surface area contributed by atoms with Crippen LogP contribution in [0.15, 0.2) is 78.9 Å². The molecule has 0 saturated carbocycles. The molecule has 33 heavy (non-hydrogen) atoms. The first-order valence-electron chi connectivity index (χ1n) is 11.0. The number of methoxy groups -OCH3 is 1. The summed E-state index contributed by atoms with van der Waals surface area (Å²) < 4.78 is 7.33. The third kappa shape index (κ3) is 3.74. The molecule has 0 spiro atoms. The average molecular weight is 439 g/mol. The van der Waals surface area contributed by atoms with Crippen molar-refractivity contribution in [2.75, 3.05) is 17.3 Å². The predicted molar refractivity (Wildman–Crippen MR) is 130 cm³/mol. The molecular weight excluding hydrogens is 412 g/mol. The van der Waals surface area contributed by atoms with Crippen molar-refractivity contribution in [3.05, 3.63) is 107 Å². The summed E-state index contributed by atoms with van der Waals surface area (Å²) in [5.74, 6) is 0.699. The smallest absolute Gasteiger partial charge is 0.262 e. The molecule has 0 bridgehead atoms. The quantitative estimate of drug-likeness (QED) is 0.458. The number of aryl methyl sites for hydroxylation is 1. The van der Waals surface area contributed by atoms with Gasteiger partial charge in [0.2, 0.25) is 0 Å². The second-order valence-corrected chi connectivity index (χ2v) is 8.19. The lowest BCUT2D eigenvalue weighted by Crippen LogP contribution is -2.43. The Kier molecular flexibility index (Phi) is 5.34. The van der Waals surface area contributed by atoms with Gasteiger partial charge in [-0.1, -0.05) is 42.5 Å². The van der Waals surface area contributed by atoms with Gasteiger partial charge >= 0.3 is 0 Å². The lowest BCUT2D eigenvalue weighted by Gasteiger charge is -2.38. The van der Waals surface area contributed by atoms with Crippen LogP contribution in [0.1, 0.15) is 39.0 Å². The summed E-state index contributed by atoms with van der Waals surface area (Å²) in [6, 6.07) is 25.5. The van der Waals surface area contributed by atoms with Gasteiger partial charge in [0.25, 0.3) is 5.91 Å². The molecule has 1 unspecified atom stereocenters. The molecule has 0 saturated heterocycles. The molecule has 166 valence electrons. The van der Waals surface area contributed by atoms with Gasteiger partial charge in [-0.15, -0.1) is 0 Å². The minimum atomic E-state index is -0.384. The first-order valence-corrected chi connectivity index (χ1v) is 11.0. The number of fused-ring (bicyclic) bond motifs is 1. The van der Waals surface area contributed by atoms with E-state index in [-0.39, 0.29) is 12.1 Å². The predicted octanol–water partition coefficient (Wildman–Crippen LogP) is 5.33. The highest BCUT2D eigenvalue weighted by Crippen LogP contribution is 2.39. The van der Waals surface area contributed by atoms with Crippen LogP contribution in [0.5, 0.6) is 5.75 Å². The molecule has 1 aromatic heterocycles. The zero-order chi connectivity index (χ0) is 22.9. The molecule has 0 radical (unpaired) electrons. The summed E-state index contributed by atoms with van der Waals surface area (Å²) in [4.78, 5) is 15.5. The number of amides is 1. The number of benzene rings is 3. The highest BCUT2D eigenvalue weighted by Gasteiger charge is 2.36. The number of ether oxygens (including phenoxy) is 1. The Morgan fingerprint density at radius 2 is 1.64 bits per heavy atom. The van der Waals surface area contributed by atoms with Crippen molar-refractivity contribution < 1.29 is 9.53 Å². The number of para-hydroxylation sites is 1. The summed E-state index contributed by atoms with van der Waals surface area (Å²) >= 11 is 0. The number of carbonyl (C=O) groups excluding carboxylic acids is 1. The van der Waals surface area contributed by atoms with E-state index >= 15 is 0 Å². The van der Waals surface area contributed by atoms with Gasteiger partial charge in [-0.05, 0) is 55.8 Å². The molecule has 1 amide bonds. The van der Waals surface area contributed by atoms with Gasteiger partial charge in [-0.25, -0.2) is 0 Å². The summed E-state index contributed by atoms with van der Waals surface area (Å²) in [5.41, 5.74) is 6.38. The van der Waals surface area contributed by atoms with Crippen LogP contribution < -0.4 is 15.0 Å². The summed E-state index contributed by atoms with van der Waals surface area (Å²) in [6.45, 7) is 4.74. The van der Waals surface area contributed by atoms with E-state index in [4.69, 9.17) is 9.84 Å². The van der Waals surface area contributed by atoms with Crippen molar-refractivity contribution in [2.24, 2.45) is 0 Å². The summed E-state index contributed by atoms with van der Waals surface area (Å²) in [5, 5.41) is 8.44.